The van der Waals surface area contributed by atoms with Crippen LogP contribution >= 0.6 is 23.4 Å². The maximum atomic E-state index is 13.5. The number of nitrogens with zero attached hydrogens (tertiary/aromatic N) is 1. The fourth-order valence-corrected chi connectivity index (χ4v) is 5.15. The second kappa shape index (κ2) is 11.7. The molecule has 0 aromatic heterocycles. The number of thioether (sulfide) groups is 1. The summed E-state index contributed by atoms with van der Waals surface area (Å²) in [5.41, 5.74) is -1.14. The molecule has 11 heteroatoms. The molecule has 0 saturated heterocycles. The van der Waals surface area contributed by atoms with Gasteiger partial charge in [-0.3, -0.25) is 14.4 Å². The van der Waals surface area contributed by atoms with Gasteiger partial charge in [0.05, 0.1) is 22.4 Å². The first kappa shape index (κ1) is 28.3. The van der Waals surface area contributed by atoms with Gasteiger partial charge in [-0.15, -0.1) is 11.8 Å². The van der Waals surface area contributed by atoms with Gasteiger partial charge >= 0.3 is 6.18 Å². The SMILES string of the molecule is O=C(CCSc1ccc(Cl)cc1)Nc1ccc(Oc2ccc3c(c2)C(=O)N(c2ccccc2C(F)(F)F)C3=O)cc1. The first-order chi connectivity index (χ1) is 19.6. The average molecular weight is 597 g/mol. The first-order valence-electron chi connectivity index (χ1n) is 12.3. The van der Waals surface area contributed by atoms with Crippen LogP contribution in [0, 0.1) is 0 Å². The van der Waals surface area contributed by atoms with Crippen molar-refractivity contribution in [3.8, 4) is 11.5 Å². The molecule has 0 atom stereocenters. The lowest BCUT2D eigenvalue weighted by atomic mass is 10.1. The van der Waals surface area contributed by atoms with Crippen molar-refractivity contribution in [2.75, 3.05) is 16.0 Å². The second-order valence-corrected chi connectivity index (χ2v) is 10.5. The Hall–Kier alpha value is -4.28. The van der Waals surface area contributed by atoms with E-state index in [1.165, 1.54) is 30.3 Å². The largest absolute Gasteiger partial charge is 0.457 e. The third-order valence-electron chi connectivity index (χ3n) is 6.09. The molecule has 1 aliphatic heterocycles. The minimum atomic E-state index is -4.75. The number of rotatable bonds is 8. The molecule has 1 heterocycles. The van der Waals surface area contributed by atoms with E-state index in [2.05, 4.69) is 5.32 Å². The van der Waals surface area contributed by atoms with Crippen molar-refractivity contribution in [3.05, 3.63) is 113 Å². The second-order valence-electron chi connectivity index (χ2n) is 8.90. The Kier molecular flexibility index (Phi) is 8.05. The smallest absolute Gasteiger partial charge is 0.418 e. The van der Waals surface area contributed by atoms with Crippen molar-refractivity contribution in [2.45, 2.75) is 17.5 Å². The summed E-state index contributed by atoms with van der Waals surface area (Å²) in [5.74, 6) is -0.685. The zero-order valence-corrected chi connectivity index (χ0v) is 22.6. The van der Waals surface area contributed by atoms with Crippen LogP contribution in [0.5, 0.6) is 11.5 Å². The first-order valence-corrected chi connectivity index (χ1v) is 13.6. The third-order valence-corrected chi connectivity index (χ3v) is 7.36. The number of hydrogen-bond acceptors (Lipinski definition) is 5. The highest BCUT2D eigenvalue weighted by Gasteiger charge is 2.42. The Balaban J connectivity index is 1.21. The quantitative estimate of drug-likeness (QED) is 0.164. The number of imide groups is 1. The lowest BCUT2D eigenvalue weighted by Crippen LogP contribution is -2.31. The molecule has 1 aliphatic rings. The zero-order chi connectivity index (χ0) is 29.1. The fraction of sp³-hybridized carbons (Fsp3) is 0.100. The van der Waals surface area contributed by atoms with Crippen molar-refractivity contribution in [2.24, 2.45) is 0 Å². The molecule has 4 aromatic rings. The molecule has 0 unspecified atom stereocenters. The minimum Gasteiger partial charge on any atom is -0.457 e. The maximum absolute atomic E-state index is 13.5. The number of halogens is 4. The number of fused-ring (bicyclic) bond motifs is 1. The van der Waals surface area contributed by atoms with Gasteiger partial charge in [0.1, 0.15) is 11.5 Å². The molecule has 0 bridgehead atoms. The van der Waals surface area contributed by atoms with Gasteiger partial charge in [-0.25, -0.2) is 4.90 Å². The highest BCUT2D eigenvalue weighted by atomic mass is 35.5. The molecule has 3 amide bonds. The van der Waals surface area contributed by atoms with Crippen molar-refractivity contribution in [1.82, 2.24) is 0 Å². The van der Waals surface area contributed by atoms with Gasteiger partial charge in [0, 0.05) is 27.8 Å². The van der Waals surface area contributed by atoms with Gasteiger partial charge in [0.25, 0.3) is 11.8 Å². The Bertz CT molecular complexity index is 1630. The number of ether oxygens (including phenoxy) is 1. The normalized spacial score (nSPS) is 12.8. The summed E-state index contributed by atoms with van der Waals surface area (Å²) in [6, 6.07) is 22.4. The topological polar surface area (TPSA) is 75.7 Å². The highest BCUT2D eigenvalue weighted by Crippen LogP contribution is 2.40. The van der Waals surface area contributed by atoms with Crippen LogP contribution in [0.15, 0.2) is 95.9 Å². The monoisotopic (exact) mass is 596 g/mol. The van der Waals surface area contributed by atoms with Crippen LogP contribution < -0.4 is 15.0 Å². The van der Waals surface area contributed by atoms with Crippen LogP contribution in [0.3, 0.4) is 0 Å². The van der Waals surface area contributed by atoms with E-state index in [4.69, 9.17) is 16.3 Å². The molecule has 0 radical (unpaired) electrons. The van der Waals surface area contributed by atoms with E-state index in [0.29, 0.717) is 33.5 Å². The number of nitrogens with one attached hydrogen (secondary N) is 1. The summed E-state index contributed by atoms with van der Waals surface area (Å²) in [4.78, 5) is 39.8. The minimum absolute atomic E-state index is 0.0217. The molecular weight excluding hydrogens is 577 g/mol. The maximum Gasteiger partial charge on any atom is 0.418 e. The molecule has 5 rings (SSSR count). The lowest BCUT2D eigenvalue weighted by Gasteiger charge is -2.19. The summed E-state index contributed by atoms with van der Waals surface area (Å²) < 4.78 is 46.4. The van der Waals surface area contributed by atoms with Gasteiger partial charge in [-0.2, -0.15) is 13.2 Å². The zero-order valence-electron chi connectivity index (χ0n) is 21.1. The number of carbonyl (C=O) groups excluding carboxylic acids is 3. The summed E-state index contributed by atoms with van der Waals surface area (Å²) in [5, 5.41) is 3.46. The van der Waals surface area contributed by atoms with E-state index in [9.17, 15) is 27.6 Å². The summed E-state index contributed by atoms with van der Waals surface area (Å²) in [6.45, 7) is 0. The van der Waals surface area contributed by atoms with Gasteiger partial charge in [-0.05, 0) is 78.9 Å². The molecule has 4 aromatic carbocycles. The Morgan fingerprint density at radius 3 is 2.22 bits per heavy atom. The Labute approximate surface area is 242 Å². The Morgan fingerprint density at radius 2 is 1.51 bits per heavy atom. The van der Waals surface area contributed by atoms with Crippen LogP contribution in [0.2, 0.25) is 5.02 Å². The van der Waals surface area contributed by atoms with E-state index in [1.54, 1.807) is 48.2 Å². The summed E-state index contributed by atoms with van der Waals surface area (Å²) in [7, 11) is 0. The molecule has 0 fully saturated rings. The lowest BCUT2D eigenvalue weighted by molar-refractivity contribution is -0.137. The van der Waals surface area contributed by atoms with E-state index in [1.807, 2.05) is 12.1 Å². The van der Waals surface area contributed by atoms with Crippen molar-refractivity contribution < 1.29 is 32.3 Å². The number of carbonyl (C=O) groups is 3. The third kappa shape index (κ3) is 6.39. The number of alkyl halides is 3. The molecule has 0 spiro atoms. The molecule has 0 saturated carbocycles. The summed E-state index contributed by atoms with van der Waals surface area (Å²) in [6.07, 6.45) is -4.44. The molecule has 1 N–H and O–H groups in total. The van der Waals surface area contributed by atoms with E-state index < -0.39 is 29.2 Å². The van der Waals surface area contributed by atoms with Gasteiger partial charge in [-0.1, -0.05) is 23.7 Å². The van der Waals surface area contributed by atoms with Crippen LogP contribution in [0.25, 0.3) is 0 Å². The van der Waals surface area contributed by atoms with Crippen LogP contribution in [0.4, 0.5) is 24.5 Å². The van der Waals surface area contributed by atoms with E-state index >= 15 is 0 Å². The van der Waals surface area contributed by atoms with Crippen LogP contribution in [-0.2, 0) is 11.0 Å². The van der Waals surface area contributed by atoms with Crippen molar-refractivity contribution in [1.29, 1.82) is 0 Å². The molecule has 0 aliphatic carbocycles. The number of amides is 3. The Morgan fingerprint density at radius 1 is 0.854 bits per heavy atom. The van der Waals surface area contributed by atoms with Crippen LogP contribution in [-0.4, -0.2) is 23.5 Å². The fourth-order valence-electron chi connectivity index (χ4n) is 4.17. The van der Waals surface area contributed by atoms with E-state index in [0.717, 1.165) is 17.0 Å². The predicted octanol–water partition coefficient (Wildman–Crippen LogP) is 8.07. The number of para-hydroxylation sites is 1. The van der Waals surface area contributed by atoms with E-state index in [-0.39, 0.29) is 22.8 Å². The predicted molar refractivity (Wildman–Crippen MR) is 151 cm³/mol. The summed E-state index contributed by atoms with van der Waals surface area (Å²) >= 11 is 7.42. The highest BCUT2D eigenvalue weighted by molar-refractivity contribution is 7.99. The number of anilines is 2. The molecular formula is C30H20ClF3N2O4S. The molecule has 6 nitrogen and oxygen atoms in total. The van der Waals surface area contributed by atoms with Gasteiger partial charge in [0.15, 0.2) is 0 Å². The number of benzene rings is 4. The number of hydrogen-bond donors (Lipinski definition) is 1. The standard InChI is InChI=1S/C30H20ClF3N2O4S/c31-18-5-12-22(13-6-18)41-16-15-27(37)35-19-7-9-20(10-8-19)40-21-11-14-23-24(17-21)29(39)36(28(23)38)26-4-2-1-3-25(26)30(32,33)34/h1-14,17H,15-16H2,(H,35,37). The van der Waals surface area contributed by atoms with Crippen molar-refractivity contribution in [3.63, 3.8) is 0 Å². The van der Waals surface area contributed by atoms with Crippen LogP contribution in [0.1, 0.15) is 32.7 Å². The van der Waals surface area contributed by atoms with Gasteiger partial charge in [0.2, 0.25) is 5.91 Å². The molecule has 41 heavy (non-hydrogen) atoms. The van der Waals surface area contributed by atoms with Gasteiger partial charge < -0.3 is 10.1 Å². The average Bonchev–Trinajstić information content (AvgIpc) is 3.19. The molecule has 208 valence electrons. The van der Waals surface area contributed by atoms with Crippen molar-refractivity contribution >= 4 is 52.5 Å².